The number of aromatic carboxylic acids is 1. The van der Waals surface area contributed by atoms with Gasteiger partial charge < -0.3 is 24.8 Å². The highest BCUT2D eigenvalue weighted by Crippen LogP contribution is 2.28. The SMILES string of the molecule is CCN(CC)C(=O)CN1CCN(c2cccc(-n3c(C(C)O)nc4cc(C(=O)[O-])ccc43)c2)CC1. The van der Waals surface area contributed by atoms with Crippen molar-refractivity contribution in [2.45, 2.75) is 26.9 Å². The number of fused-ring (bicyclic) bond motifs is 1. The molecule has 2 heterocycles. The van der Waals surface area contributed by atoms with E-state index in [1.807, 2.05) is 35.4 Å². The third-order valence-electron chi connectivity index (χ3n) is 6.59. The van der Waals surface area contributed by atoms with E-state index in [0.29, 0.717) is 23.4 Å². The monoisotopic (exact) mass is 478 g/mol. The van der Waals surface area contributed by atoms with E-state index in [2.05, 4.69) is 26.9 Å². The van der Waals surface area contributed by atoms with Crippen molar-refractivity contribution in [2.75, 3.05) is 50.7 Å². The second kappa shape index (κ2) is 10.5. The second-order valence-electron chi connectivity index (χ2n) is 8.82. The van der Waals surface area contributed by atoms with E-state index >= 15 is 0 Å². The van der Waals surface area contributed by atoms with Gasteiger partial charge in [-0.05, 0) is 56.7 Å². The van der Waals surface area contributed by atoms with Crippen LogP contribution in [0.15, 0.2) is 42.5 Å². The topological polar surface area (TPSA) is 105 Å². The number of aliphatic hydroxyl groups is 1. The Morgan fingerprint density at radius 1 is 1.06 bits per heavy atom. The van der Waals surface area contributed by atoms with Crippen LogP contribution in [0.4, 0.5) is 5.69 Å². The van der Waals surface area contributed by atoms with Crippen LogP contribution in [0.25, 0.3) is 16.7 Å². The fourth-order valence-electron chi connectivity index (χ4n) is 4.64. The first-order chi connectivity index (χ1) is 16.8. The van der Waals surface area contributed by atoms with Gasteiger partial charge in [-0.1, -0.05) is 12.1 Å². The minimum absolute atomic E-state index is 0.0467. The van der Waals surface area contributed by atoms with Crippen molar-refractivity contribution in [3.8, 4) is 5.69 Å². The molecule has 1 fully saturated rings. The summed E-state index contributed by atoms with van der Waals surface area (Å²) < 4.78 is 1.86. The summed E-state index contributed by atoms with van der Waals surface area (Å²) in [6, 6.07) is 12.7. The van der Waals surface area contributed by atoms with Crippen LogP contribution in [-0.2, 0) is 4.79 Å². The molecule has 0 aliphatic carbocycles. The molecule has 9 heteroatoms. The molecule has 0 radical (unpaired) electrons. The summed E-state index contributed by atoms with van der Waals surface area (Å²) in [6.45, 7) is 10.8. The highest BCUT2D eigenvalue weighted by molar-refractivity contribution is 5.91. The molecule has 3 aromatic rings. The maximum Gasteiger partial charge on any atom is 0.236 e. The van der Waals surface area contributed by atoms with Gasteiger partial charge in [-0.3, -0.25) is 14.3 Å². The molecule has 1 aliphatic rings. The molecule has 1 aromatic heterocycles. The van der Waals surface area contributed by atoms with Crippen LogP contribution in [0.3, 0.4) is 0 Å². The zero-order valence-electron chi connectivity index (χ0n) is 20.5. The lowest BCUT2D eigenvalue weighted by atomic mass is 10.2. The number of hydrogen-bond acceptors (Lipinski definition) is 7. The van der Waals surface area contributed by atoms with Crippen molar-refractivity contribution < 1.29 is 19.8 Å². The Bertz CT molecular complexity index is 1210. The average Bonchev–Trinajstić information content (AvgIpc) is 3.24. The van der Waals surface area contributed by atoms with Gasteiger partial charge in [0, 0.05) is 50.6 Å². The van der Waals surface area contributed by atoms with Gasteiger partial charge in [-0.25, -0.2) is 4.98 Å². The van der Waals surface area contributed by atoms with E-state index in [9.17, 15) is 19.8 Å². The zero-order chi connectivity index (χ0) is 25.1. The highest BCUT2D eigenvalue weighted by Gasteiger charge is 2.22. The molecule has 1 unspecified atom stereocenters. The standard InChI is InChI=1S/C26H33N5O4/c1-4-29(5-2)24(33)17-28-11-13-30(14-12-28)20-7-6-8-21(16-20)31-23-10-9-19(26(34)35)15-22(23)27-25(31)18(3)32/h6-10,15-16,18,32H,4-5,11-14,17H2,1-3H3,(H,34,35)/p-1. The van der Waals surface area contributed by atoms with E-state index in [1.54, 1.807) is 13.0 Å². The van der Waals surface area contributed by atoms with Gasteiger partial charge in [-0.2, -0.15) is 0 Å². The first-order valence-electron chi connectivity index (χ1n) is 12.1. The Kier molecular flexibility index (Phi) is 7.37. The Morgan fingerprint density at radius 2 is 1.74 bits per heavy atom. The molecule has 0 spiro atoms. The number of carbonyl (C=O) groups is 2. The number of imidazole rings is 1. The molecule has 35 heavy (non-hydrogen) atoms. The van der Waals surface area contributed by atoms with Crippen molar-refractivity contribution in [3.63, 3.8) is 0 Å². The van der Waals surface area contributed by atoms with E-state index in [0.717, 1.165) is 50.6 Å². The Morgan fingerprint density at radius 3 is 2.37 bits per heavy atom. The van der Waals surface area contributed by atoms with Gasteiger partial charge in [0.25, 0.3) is 0 Å². The number of amides is 1. The number of carboxylic acid groups (broad SMARTS) is 1. The quantitative estimate of drug-likeness (QED) is 0.522. The lowest BCUT2D eigenvalue weighted by Gasteiger charge is -2.36. The molecule has 9 nitrogen and oxygen atoms in total. The molecule has 0 saturated carbocycles. The van der Waals surface area contributed by atoms with Crippen molar-refractivity contribution in [1.29, 1.82) is 0 Å². The smallest absolute Gasteiger partial charge is 0.236 e. The van der Waals surface area contributed by atoms with Crippen LogP contribution in [0.5, 0.6) is 0 Å². The van der Waals surface area contributed by atoms with Crippen LogP contribution < -0.4 is 10.0 Å². The second-order valence-corrected chi connectivity index (χ2v) is 8.82. The Labute approximate surface area is 205 Å². The minimum Gasteiger partial charge on any atom is -0.545 e. The number of rotatable bonds is 8. The number of carboxylic acids is 1. The molecule has 1 amide bonds. The Balaban J connectivity index is 1.56. The largest absolute Gasteiger partial charge is 0.545 e. The minimum atomic E-state index is -1.26. The molecule has 2 aromatic carbocycles. The summed E-state index contributed by atoms with van der Waals surface area (Å²) >= 11 is 0. The normalized spacial score (nSPS) is 15.4. The molecule has 1 saturated heterocycles. The summed E-state index contributed by atoms with van der Waals surface area (Å²) in [6.07, 6.45) is -0.843. The number of aliphatic hydroxyl groups excluding tert-OH is 1. The van der Waals surface area contributed by atoms with Gasteiger partial charge in [0.05, 0.1) is 23.5 Å². The molecule has 4 rings (SSSR count). The lowest BCUT2D eigenvalue weighted by Crippen LogP contribution is -2.50. The van der Waals surface area contributed by atoms with Crippen LogP contribution in [0.1, 0.15) is 43.1 Å². The number of hydrogen-bond donors (Lipinski definition) is 1. The van der Waals surface area contributed by atoms with Crippen molar-refractivity contribution in [2.24, 2.45) is 0 Å². The fraction of sp³-hybridized carbons (Fsp3) is 0.423. The summed E-state index contributed by atoms with van der Waals surface area (Å²) in [5, 5.41) is 21.7. The van der Waals surface area contributed by atoms with Crippen LogP contribution in [0, 0.1) is 0 Å². The number of aromatic nitrogens is 2. The molecular formula is C26H32N5O4-. The Hall–Kier alpha value is -3.43. The van der Waals surface area contributed by atoms with Crippen LogP contribution in [0.2, 0.25) is 0 Å². The predicted molar refractivity (Wildman–Crippen MR) is 133 cm³/mol. The zero-order valence-corrected chi connectivity index (χ0v) is 20.5. The summed E-state index contributed by atoms with van der Waals surface area (Å²) in [4.78, 5) is 34.6. The molecule has 1 atom stereocenters. The molecule has 0 bridgehead atoms. The van der Waals surface area contributed by atoms with Crippen LogP contribution >= 0.6 is 0 Å². The van der Waals surface area contributed by atoms with Crippen molar-refractivity contribution in [3.05, 3.63) is 53.9 Å². The van der Waals surface area contributed by atoms with Crippen LogP contribution in [-0.4, -0.2) is 82.1 Å². The van der Waals surface area contributed by atoms with E-state index < -0.39 is 12.1 Å². The first-order valence-corrected chi connectivity index (χ1v) is 12.1. The van der Waals surface area contributed by atoms with E-state index in [-0.39, 0.29) is 11.5 Å². The number of likely N-dealkylation sites (N-methyl/N-ethyl adjacent to an activating group) is 1. The lowest BCUT2D eigenvalue weighted by molar-refractivity contribution is -0.255. The first kappa shape index (κ1) is 24.7. The summed E-state index contributed by atoms with van der Waals surface area (Å²) in [7, 11) is 0. The summed E-state index contributed by atoms with van der Waals surface area (Å²) in [5.41, 5.74) is 3.12. The van der Waals surface area contributed by atoms with Gasteiger partial charge >= 0.3 is 0 Å². The van der Waals surface area contributed by atoms with Gasteiger partial charge in [-0.15, -0.1) is 0 Å². The maximum atomic E-state index is 12.5. The van der Waals surface area contributed by atoms with Crippen molar-refractivity contribution in [1.82, 2.24) is 19.4 Å². The third kappa shape index (κ3) is 5.16. The highest BCUT2D eigenvalue weighted by atomic mass is 16.4. The third-order valence-corrected chi connectivity index (χ3v) is 6.59. The summed E-state index contributed by atoms with van der Waals surface area (Å²) in [5.74, 6) is -0.655. The maximum absolute atomic E-state index is 12.5. The van der Waals surface area contributed by atoms with E-state index in [4.69, 9.17) is 0 Å². The average molecular weight is 479 g/mol. The number of piperazine rings is 1. The fourth-order valence-corrected chi connectivity index (χ4v) is 4.64. The number of carbonyl (C=O) groups excluding carboxylic acids is 2. The van der Waals surface area contributed by atoms with Gasteiger partial charge in [0.15, 0.2) is 0 Å². The van der Waals surface area contributed by atoms with Gasteiger partial charge in [0.1, 0.15) is 11.9 Å². The van der Waals surface area contributed by atoms with Crippen molar-refractivity contribution >= 4 is 28.6 Å². The molecule has 186 valence electrons. The molecule has 1 N–H and O–H groups in total. The van der Waals surface area contributed by atoms with Gasteiger partial charge in [0.2, 0.25) is 5.91 Å². The molecular weight excluding hydrogens is 446 g/mol. The number of nitrogens with zero attached hydrogens (tertiary/aromatic N) is 5. The number of anilines is 1. The van der Waals surface area contributed by atoms with E-state index in [1.165, 1.54) is 12.1 Å². The molecule has 1 aliphatic heterocycles. The predicted octanol–water partition coefficient (Wildman–Crippen LogP) is 1.43. The number of benzene rings is 2.